The Bertz CT molecular complexity index is 870. The molecule has 31 heavy (non-hydrogen) atoms. The van der Waals surface area contributed by atoms with Crippen LogP contribution in [0.5, 0.6) is 0 Å². The number of hydrogen-bond donors (Lipinski definition) is 0. The lowest BCUT2D eigenvalue weighted by molar-refractivity contribution is -0.154. The summed E-state index contributed by atoms with van der Waals surface area (Å²) in [6, 6.07) is 17.6. The molecule has 0 saturated carbocycles. The van der Waals surface area contributed by atoms with Crippen molar-refractivity contribution in [2.75, 3.05) is 6.61 Å². The molecule has 2 nitrogen and oxygen atoms in total. The van der Waals surface area contributed by atoms with Crippen molar-refractivity contribution in [3.05, 3.63) is 70.8 Å². The minimum atomic E-state index is -0.480. The average molecular weight is 421 g/mol. The first kappa shape index (κ1) is 23.6. The molecule has 0 aliphatic heterocycles. The molecule has 1 aliphatic carbocycles. The van der Waals surface area contributed by atoms with Crippen LogP contribution < -0.4 is 0 Å². The first-order valence-electron chi connectivity index (χ1n) is 12.0. The van der Waals surface area contributed by atoms with E-state index in [2.05, 4.69) is 76.2 Å². The molecule has 0 spiro atoms. The molecular formula is C29H40O2. The summed E-state index contributed by atoms with van der Waals surface area (Å²) in [6.45, 7) is 13.5. The lowest BCUT2D eigenvalue weighted by Crippen LogP contribution is -2.29. The van der Waals surface area contributed by atoms with E-state index in [4.69, 9.17) is 4.74 Å². The van der Waals surface area contributed by atoms with E-state index in [9.17, 15) is 4.79 Å². The van der Waals surface area contributed by atoms with E-state index in [1.807, 2.05) is 13.8 Å². The lowest BCUT2D eigenvalue weighted by atomic mass is 9.75. The summed E-state index contributed by atoms with van der Waals surface area (Å²) in [6.07, 6.45) is 5.04. The molecule has 0 N–H and O–H groups in total. The molecule has 0 fully saturated rings. The first-order chi connectivity index (χ1) is 14.6. The van der Waals surface area contributed by atoms with Gasteiger partial charge in [0.1, 0.15) is 0 Å². The number of carbonyl (C=O) groups excluding carboxylic acids is 1. The smallest absolute Gasteiger partial charge is 0.311 e. The highest BCUT2D eigenvalue weighted by Gasteiger charge is 2.33. The highest BCUT2D eigenvalue weighted by atomic mass is 16.5. The highest BCUT2D eigenvalue weighted by Crippen LogP contribution is 2.38. The Labute approximate surface area is 189 Å². The van der Waals surface area contributed by atoms with Crippen molar-refractivity contribution in [2.24, 2.45) is 5.41 Å². The van der Waals surface area contributed by atoms with Crippen LogP contribution >= 0.6 is 0 Å². The van der Waals surface area contributed by atoms with Crippen molar-refractivity contribution < 1.29 is 9.53 Å². The van der Waals surface area contributed by atoms with Crippen LogP contribution in [0.2, 0.25) is 0 Å². The van der Waals surface area contributed by atoms with Crippen LogP contribution in [0.25, 0.3) is 0 Å². The van der Waals surface area contributed by atoms with Gasteiger partial charge in [0, 0.05) is 0 Å². The van der Waals surface area contributed by atoms with Gasteiger partial charge in [0.2, 0.25) is 0 Å². The van der Waals surface area contributed by atoms with Crippen molar-refractivity contribution in [3.8, 4) is 0 Å². The largest absolute Gasteiger partial charge is 0.465 e. The third kappa shape index (κ3) is 5.79. The van der Waals surface area contributed by atoms with Crippen LogP contribution in [0.3, 0.4) is 0 Å². The van der Waals surface area contributed by atoms with Crippen LogP contribution in [0.4, 0.5) is 0 Å². The van der Waals surface area contributed by atoms with Gasteiger partial charge in [-0.05, 0) is 85.5 Å². The number of esters is 1. The maximum absolute atomic E-state index is 12.8. The van der Waals surface area contributed by atoms with E-state index in [-0.39, 0.29) is 11.4 Å². The monoisotopic (exact) mass is 420 g/mol. The molecule has 0 bridgehead atoms. The molecule has 168 valence electrons. The molecule has 2 heteroatoms. The van der Waals surface area contributed by atoms with Crippen molar-refractivity contribution in [1.82, 2.24) is 0 Å². The summed E-state index contributed by atoms with van der Waals surface area (Å²) in [5.41, 5.74) is 5.31. The Balaban J connectivity index is 1.48. The average Bonchev–Trinajstić information content (AvgIpc) is 2.71. The summed E-state index contributed by atoms with van der Waals surface area (Å²) in [7, 11) is 0. The maximum atomic E-state index is 12.8. The van der Waals surface area contributed by atoms with E-state index in [0.29, 0.717) is 18.4 Å². The standard InChI is InChI=1S/C29H40O2/c1-7-21(22-14-16-25(17-15-22)28(2,3)4)20-29(5,6)27(30)31-18-10-12-24-19-23-11-8-9-13-26(23)24/h8-9,11,13-17,21,24H,7,10,12,18-20H2,1-6H3. The maximum Gasteiger partial charge on any atom is 0.311 e. The predicted octanol–water partition coefficient (Wildman–Crippen LogP) is 7.56. The normalized spacial score (nSPS) is 16.9. The number of benzene rings is 2. The van der Waals surface area contributed by atoms with Gasteiger partial charge in [-0.1, -0.05) is 76.2 Å². The predicted molar refractivity (Wildman–Crippen MR) is 130 cm³/mol. The van der Waals surface area contributed by atoms with Crippen molar-refractivity contribution in [2.45, 2.75) is 90.9 Å². The second-order valence-corrected chi connectivity index (χ2v) is 10.9. The van der Waals surface area contributed by atoms with E-state index in [1.165, 1.54) is 28.7 Å². The van der Waals surface area contributed by atoms with Gasteiger partial charge in [0.05, 0.1) is 12.0 Å². The van der Waals surface area contributed by atoms with E-state index >= 15 is 0 Å². The van der Waals surface area contributed by atoms with E-state index in [1.54, 1.807) is 0 Å². The van der Waals surface area contributed by atoms with Gasteiger partial charge >= 0.3 is 5.97 Å². The van der Waals surface area contributed by atoms with Crippen molar-refractivity contribution >= 4 is 5.97 Å². The third-order valence-corrected chi connectivity index (χ3v) is 6.94. The Morgan fingerprint density at radius 2 is 1.71 bits per heavy atom. The first-order valence-corrected chi connectivity index (χ1v) is 12.0. The van der Waals surface area contributed by atoms with Gasteiger partial charge in [0.15, 0.2) is 0 Å². The SMILES string of the molecule is CCC(CC(C)(C)C(=O)OCCCC1Cc2ccccc21)c1ccc(C(C)(C)C)cc1. The molecule has 0 heterocycles. The Morgan fingerprint density at radius 3 is 2.32 bits per heavy atom. The van der Waals surface area contributed by atoms with Gasteiger partial charge in [-0.25, -0.2) is 0 Å². The van der Waals surface area contributed by atoms with Gasteiger partial charge in [0.25, 0.3) is 0 Å². The minimum absolute atomic E-state index is 0.0636. The Morgan fingerprint density at radius 1 is 1.03 bits per heavy atom. The fourth-order valence-electron chi connectivity index (χ4n) is 4.76. The van der Waals surface area contributed by atoms with Gasteiger partial charge in [-0.15, -0.1) is 0 Å². The zero-order chi connectivity index (χ0) is 22.6. The molecule has 1 aliphatic rings. The number of hydrogen-bond acceptors (Lipinski definition) is 2. The fourth-order valence-corrected chi connectivity index (χ4v) is 4.76. The zero-order valence-electron chi connectivity index (χ0n) is 20.3. The molecule has 0 radical (unpaired) electrons. The number of fused-ring (bicyclic) bond motifs is 1. The molecule has 2 aromatic rings. The molecule has 2 aromatic carbocycles. The second kappa shape index (κ2) is 9.59. The highest BCUT2D eigenvalue weighted by molar-refractivity contribution is 5.76. The van der Waals surface area contributed by atoms with E-state index in [0.717, 1.165) is 25.7 Å². The van der Waals surface area contributed by atoms with Crippen LogP contribution in [0.1, 0.15) is 101 Å². The third-order valence-electron chi connectivity index (χ3n) is 6.94. The summed E-state index contributed by atoms with van der Waals surface area (Å²) in [4.78, 5) is 12.8. The lowest BCUT2D eigenvalue weighted by Gasteiger charge is -2.30. The Hall–Kier alpha value is -2.09. The number of carbonyl (C=O) groups is 1. The van der Waals surface area contributed by atoms with Crippen LogP contribution in [0, 0.1) is 5.41 Å². The molecule has 3 rings (SSSR count). The number of ether oxygens (including phenoxy) is 1. The number of rotatable bonds is 9. The quantitative estimate of drug-likeness (QED) is 0.309. The topological polar surface area (TPSA) is 26.3 Å². The summed E-state index contributed by atoms with van der Waals surface area (Å²) >= 11 is 0. The fraction of sp³-hybridized carbons (Fsp3) is 0.552. The minimum Gasteiger partial charge on any atom is -0.465 e. The van der Waals surface area contributed by atoms with Crippen molar-refractivity contribution in [3.63, 3.8) is 0 Å². The molecule has 0 aromatic heterocycles. The molecular weight excluding hydrogens is 380 g/mol. The van der Waals surface area contributed by atoms with Gasteiger partial charge in [-0.3, -0.25) is 4.79 Å². The Kier molecular flexibility index (Phi) is 7.29. The molecule has 0 amide bonds. The summed E-state index contributed by atoms with van der Waals surface area (Å²) in [5, 5.41) is 0. The van der Waals surface area contributed by atoms with Gasteiger partial charge in [-0.2, -0.15) is 0 Å². The van der Waals surface area contributed by atoms with Crippen LogP contribution in [0.15, 0.2) is 48.5 Å². The van der Waals surface area contributed by atoms with Crippen molar-refractivity contribution in [1.29, 1.82) is 0 Å². The van der Waals surface area contributed by atoms with Gasteiger partial charge < -0.3 is 4.74 Å². The summed E-state index contributed by atoms with van der Waals surface area (Å²) < 4.78 is 5.72. The van der Waals surface area contributed by atoms with Crippen LogP contribution in [-0.2, 0) is 21.4 Å². The van der Waals surface area contributed by atoms with E-state index < -0.39 is 5.41 Å². The van der Waals surface area contributed by atoms with Crippen LogP contribution in [-0.4, -0.2) is 12.6 Å². The molecule has 0 saturated heterocycles. The molecule has 2 atom stereocenters. The second-order valence-electron chi connectivity index (χ2n) is 10.9. The molecule has 2 unspecified atom stereocenters. The summed E-state index contributed by atoms with van der Waals surface area (Å²) in [5.74, 6) is 0.942. The zero-order valence-corrected chi connectivity index (χ0v) is 20.3.